The molecule has 0 aromatic heterocycles. The van der Waals surface area contributed by atoms with Crippen molar-refractivity contribution in [1.82, 2.24) is 0 Å². The van der Waals surface area contributed by atoms with E-state index in [-0.39, 0.29) is 144 Å². The molecule has 0 aliphatic heterocycles. The summed E-state index contributed by atoms with van der Waals surface area (Å²) in [4.78, 5) is 1.30. The summed E-state index contributed by atoms with van der Waals surface area (Å²) in [6, 6.07) is 11.3. The molecule has 2 aromatic carbocycles. The molecule has 0 radical (unpaired) electrons. The van der Waals surface area contributed by atoms with Crippen molar-refractivity contribution in [3.8, 4) is 11.5 Å². The van der Waals surface area contributed by atoms with Gasteiger partial charge in [0.25, 0.3) is 0 Å². The minimum atomic E-state index is -0.00915. The standard InChI is InChI=1S/C28H42O2S.2K.Ni.2H/c1-7-9-11-17-27(3,4)21-13-15-23(29)25(19-21)31-26-20-22(14-16-24(26)30)28(5,6)18-12-10-8-2;;;;;/h13-16,19-20,29-30H,7-12,17-18H2,1-6H3;;;;;/q;2*+1;+2;2*-1/p-2. The number of benzene rings is 2. The van der Waals surface area contributed by atoms with Gasteiger partial charge in [0.1, 0.15) is 0 Å². The fourth-order valence-corrected chi connectivity index (χ4v) is 5.00. The van der Waals surface area contributed by atoms with Gasteiger partial charge in [0.05, 0.1) is 0 Å². The van der Waals surface area contributed by atoms with Crippen LogP contribution in [-0.4, -0.2) is 0 Å². The van der Waals surface area contributed by atoms with E-state index in [1.807, 2.05) is 24.3 Å². The zero-order valence-electron chi connectivity index (χ0n) is 24.7. The van der Waals surface area contributed by atoms with Crippen LogP contribution in [-0.2, 0) is 27.3 Å². The first-order chi connectivity index (χ1) is 14.6. The predicted octanol–water partition coefficient (Wildman–Crippen LogP) is 1.93. The summed E-state index contributed by atoms with van der Waals surface area (Å²) in [6.45, 7) is 13.4. The van der Waals surface area contributed by atoms with Crippen LogP contribution in [0.3, 0.4) is 0 Å². The minimum absolute atomic E-state index is 0. The first-order valence-corrected chi connectivity index (χ1v) is 12.7. The van der Waals surface area contributed by atoms with Gasteiger partial charge in [0.2, 0.25) is 0 Å². The molecule has 0 atom stereocenters. The Balaban J connectivity index is -0.00000102. The predicted molar refractivity (Wildman–Crippen MR) is 132 cm³/mol. The van der Waals surface area contributed by atoms with Crippen molar-refractivity contribution in [2.24, 2.45) is 0 Å². The number of rotatable bonds is 12. The first kappa shape index (κ1) is 38.3. The van der Waals surface area contributed by atoms with Crippen molar-refractivity contribution in [3.63, 3.8) is 0 Å². The van der Waals surface area contributed by atoms with Gasteiger partial charge in [0, 0.05) is 9.79 Å². The van der Waals surface area contributed by atoms with Gasteiger partial charge < -0.3 is 13.1 Å². The summed E-state index contributed by atoms with van der Waals surface area (Å²) in [6.07, 6.45) is 9.42. The second-order valence-electron chi connectivity index (χ2n) is 10.1. The van der Waals surface area contributed by atoms with E-state index < -0.39 is 0 Å². The van der Waals surface area contributed by atoms with Crippen LogP contribution in [0.4, 0.5) is 0 Å². The summed E-state index contributed by atoms with van der Waals surface area (Å²) >= 11 is 1.33. The summed E-state index contributed by atoms with van der Waals surface area (Å²) in [7, 11) is 0. The Labute approximate surface area is 311 Å². The quantitative estimate of drug-likeness (QED) is 0.285. The molecule has 0 heterocycles. The maximum absolute atomic E-state index is 12.6. The maximum Gasteiger partial charge on any atom is 2.00 e. The van der Waals surface area contributed by atoms with Crippen LogP contribution < -0.4 is 113 Å². The number of unbranched alkanes of at least 4 members (excludes halogenated alkanes) is 4. The van der Waals surface area contributed by atoms with E-state index in [1.165, 1.54) is 61.4 Å². The van der Waals surface area contributed by atoms with Crippen LogP contribution in [0.1, 0.15) is 107 Å². The van der Waals surface area contributed by atoms with E-state index in [0.717, 1.165) is 12.8 Å². The van der Waals surface area contributed by atoms with Gasteiger partial charge in [-0.15, -0.1) is 0 Å². The van der Waals surface area contributed by atoms with Gasteiger partial charge in [0.15, 0.2) is 0 Å². The van der Waals surface area contributed by atoms with E-state index in [0.29, 0.717) is 9.79 Å². The van der Waals surface area contributed by atoms with Gasteiger partial charge in [-0.3, -0.25) is 0 Å². The third kappa shape index (κ3) is 11.9. The number of hydrogen-bond acceptors (Lipinski definition) is 3. The van der Waals surface area contributed by atoms with Crippen LogP contribution in [0, 0.1) is 0 Å². The molecule has 0 saturated carbocycles. The normalized spacial score (nSPS) is 11.2. The SMILES string of the molecule is CCCCCC(C)(C)c1ccc([O-])c(Sc2cc(C(C)(C)CCCCC)ccc2[O-])c1.[H-].[H-].[K+].[K+].[Ni+2]. The van der Waals surface area contributed by atoms with E-state index in [2.05, 4.69) is 41.5 Å². The molecule has 2 aromatic rings. The van der Waals surface area contributed by atoms with Crippen LogP contribution in [0.5, 0.6) is 11.5 Å². The summed E-state index contributed by atoms with van der Waals surface area (Å²) in [5.41, 5.74) is 2.38. The van der Waals surface area contributed by atoms with Crippen LogP contribution in [0.15, 0.2) is 46.2 Å². The molecule has 2 nitrogen and oxygen atoms in total. The second-order valence-corrected chi connectivity index (χ2v) is 11.2. The summed E-state index contributed by atoms with van der Waals surface area (Å²) in [5, 5.41) is 25.2. The zero-order valence-corrected chi connectivity index (χ0v) is 30.7. The van der Waals surface area contributed by atoms with E-state index in [1.54, 1.807) is 12.1 Å². The largest absolute Gasteiger partial charge is 2.00 e. The van der Waals surface area contributed by atoms with Crippen molar-refractivity contribution >= 4 is 11.8 Å². The van der Waals surface area contributed by atoms with Gasteiger partial charge in [-0.1, -0.05) is 128 Å². The molecule has 0 fully saturated rings. The molecule has 0 bridgehead atoms. The summed E-state index contributed by atoms with van der Waals surface area (Å²) < 4.78 is 0. The van der Waals surface area contributed by atoms with Crippen molar-refractivity contribution < 1.29 is 132 Å². The minimum Gasteiger partial charge on any atom is -1.00 e. The molecule has 0 unspecified atom stereocenters. The molecule has 0 saturated heterocycles. The maximum atomic E-state index is 12.6. The Morgan fingerprint density at radius 2 is 1.03 bits per heavy atom. The molecule has 6 heteroatoms. The molecular weight excluding hydrogens is 537 g/mol. The summed E-state index contributed by atoms with van der Waals surface area (Å²) in [5.74, 6) is -0.0183. The Bertz CT molecular complexity index is 798. The van der Waals surface area contributed by atoms with Crippen LogP contribution in [0.25, 0.3) is 0 Å². The molecule has 0 N–H and O–H groups in total. The fourth-order valence-electron chi connectivity index (χ4n) is 4.06. The van der Waals surface area contributed by atoms with Crippen LogP contribution >= 0.6 is 11.8 Å². The van der Waals surface area contributed by atoms with Gasteiger partial charge in [-0.05, 0) is 46.9 Å². The molecule has 0 spiro atoms. The third-order valence-electron chi connectivity index (χ3n) is 6.48. The monoisotopic (exact) mass is 578 g/mol. The van der Waals surface area contributed by atoms with E-state index >= 15 is 0 Å². The van der Waals surface area contributed by atoms with Gasteiger partial charge in [-0.25, -0.2) is 0 Å². The molecule has 184 valence electrons. The molecule has 0 amide bonds. The van der Waals surface area contributed by atoms with Crippen molar-refractivity contribution in [3.05, 3.63) is 47.5 Å². The van der Waals surface area contributed by atoms with Crippen molar-refractivity contribution in [1.29, 1.82) is 0 Å². The Morgan fingerprint density at radius 1 is 0.676 bits per heavy atom. The topological polar surface area (TPSA) is 46.1 Å². The number of hydrogen-bond donors (Lipinski definition) is 0. The zero-order chi connectivity index (χ0) is 23.1. The fraction of sp³-hybridized carbons (Fsp3) is 0.571. The Morgan fingerprint density at radius 3 is 1.35 bits per heavy atom. The van der Waals surface area contributed by atoms with Crippen LogP contribution in [0.2, 0.25) is 0 Å². The average molecular weight is 580 g/mol. The molecule has 0 aliphatic rings. The first-order valence-electron chi connectivity index (χ1n) is 11.9. The molecule has 2 rings (SSSR count). The molecular formula is C28H42K2NiO2S. The third-order valence-corrected chi connectivity index (χ3v) is 7.56. The molecule has 0 aliphatic carbocycles. The van der Waals surface area contributed by atoms with E-state index in [9.17, 15) is 10.2 Å². The average Bonchev–Trinajstić information content (AvgIpc) is 2.71. The molecule has 34 heavy (non-hydrogen) atoms. The van der Waals surface area contributed by atoms with Gasteiger partial charge in [-0.2, -0.15) is 0 Å². The Kier molecular flexibility index (Phi) is 20.8. The second kappa shape index (κ2) is 18.4. The van der Waals surface area contributed by atoms with Crippen molar-refractivity contribution in [2.75, 3.05) is 0 Å². The van der Waals surface area contributed by atoms with Crippen molar-refractivity contribution in [2.45, 2.75) is 114 Å². The smallest absolute Gasteiger partial charge is 1.00 e. The van der Waals surface area contributed by atoms with E-state index in [4.69, 9.17) is 0 Å². The van der Waals surface area contributed by atoms with Gasteiger partial charge >= 0.3 is 119 Å². The Hall–Kier alpha value is 2.16.